The second-order valence-electron chi connectivity index (χ2n) is 15.5. The maximum atomic E-state index is 13.6. The Bertz CT molecular complexity index is 998. The van der Waals surface area contributed by atoms with Gasteiger partial charge in [-0.15, -0.1) is 0 Å². The Balaban J connectivity index is 1.84. The van der Waals surface area contributed by atoms with Gasteiger partial charge >= 0.3 is 17.9 Å². The Hall–Kier alpha value is -1.83. The van der Waals surface area contributed by atoms with Crippen molar-refractivity contribution in [2.24, 2.45) is 5.92 Å². The molecule has 0 amide bonds. The predicted molar refractivity (Wildman–Crippen MR) is 147 cm³/mol. The molecular formula is C29H51N3O9. The number of ether oxygens (including phenoxy) is 3. The van der Waals surface area contributed by atoms with Gasteiger partial charge < -0.3 is 29.8 Å². The molecule has 3 fully saturated rings. The molecule has 3 aliphatic rings. The Morgan fingerprint density at radius 3 is 1.10 bits per heavy atom. The van der Waals surface area contributed by atoms with Crippen molar-refractivity contribution >= 4 is 17.9 Å². The van der Waals surface area contributed by atoms with Crippen LogP contribution in [0.2, 0.25) is 0 Å². The van der Waals surface area contributed by atoms with E-state index in [0.29, 0.717) is 19.3 Å². The van der Waals surface area contributed by atoms with Crippen LogP contribution in [0.1, 0.15) is 109 Å². The molecule has 3 N–H and O–H groups in total. The fraction of sp³-hybridized carbons (Fsp3) is 0.897. The number of esters is 3. The molecule has 0 aromatic rings. The third-order valence-electron chi connectivity index (χ3n) is 9.51. The number of hydrogen-bond acceptors (Lipinski definition) is 12. The number of nitrogens with zero attached hydrogens (tertiary/aromatic N) is 3. The summed E-state index contributed by atoms with van der Waals surface area (Å²) in [5.74, 6) is -4.36. The van der Waals surface area contributed by atoms with Gasteiger partial charge in [0.05, 0.1) is 23.0 Å². The SMILES string of the molecule is CC1(C)CC(OC(=O)CC(C(=O)OC2CC(C)(C)N(O)C2(C)C)C(=O)OC2CC(C)(C)N(O)C2(C)C)C(C)(C)N1O. The molecule has 3 rings (SSSR count). The highest BCUT2D eigenvalue weighted by Gasteiger charge is 2.57. The molecule has 3 atom stereocenters. The van der Waals surface area contributed by atoms with E-state index in [-0.39, 0.29) is 0 Å². The monoisotopic (exact) mass is 585 g/mol. The van der Waals surface area contributed by atoms with E-state index in [2.05, 4.69) is 0 Å². The summed E-state index contributed by atoms with van der Waals surface area (Å²) in [7, 11) is 0. The molecule has 3 heterocycles. The van der Waals surface area contributed by atoms with Crippen molar-refractivity contribution in [2.45, 2.75) is 160 Å². The highest BCUT2D eigenvalue weighted by molar-refractivity contribution is 5.98. The van der Waals surface area contributed by atoms with Gasteiger partial charge in [0.1, 0.15) is 18.3 Å². The van der Waals surface area contributed by atoms with E-state index in [1.165, 1.54) is 0 Å². The van der Waals surface area contributed by atoms with Gasteiger partial charge in [-0.3, -0.25) is 14.4 Å². The molecule has 0 saturated carbocycles. The van der Waals surface area contributed by atoms with Crippen molar-refractivity contribution in [3.63, 3.8) is 0 Å². The third-order valence-corrected chi connectivity index (χ3v) is 9.51. The van der Waals surface area contributed by atoms with E-state index in [0.717, 1.165) is 15.2 Å². The van der Waals surface area contributed by atoms with Crippen molar-refractivity contribution in [1.82, 2.24) is 15.2 Å². The van der Waals surface area contributed by atoms with Crippen molar-refractivity contribution in [3.05, 3.63) is 0 Å². The lowest BCUT2D eigenvalue weighted by atomic mass is 9.95. The summed E-state index contributed by atoms with van der Waals surface area (Å²) in [6.45, 7) is 21.3. The van der Waals surface area contributed by atoms with E-state index < -0.39 is 81.8 Å². The average molecular weight is 586 g/mol. The topological polar surface area (TPSA) is 149 Å². The second kappa shape index (κ2) is 10.4. The molecule has 12 heteroatoms. The Morgan fingerprint density at radius 2 is 0.854 bits per heavy atom. The van der Waals surface area contributed by atoms with Crippen molar-refractivity contribution in [3.8, 4) is 0 Å². The Morgan fingerprint density at radius 1 is 0.585 bits per heavy atom. The molecule has 3 unspecified atom stereocenters. The quantitative estimate of drug-likeness (QED) is 0.227. The first-order chi connectivity index (χ1) is 18.3. The van der Waals surface area contributed by atoms with Crippen LogP contribution in [0.5, 0.6) is 0 Å². The van der Waals surface area contributed by atoms with Crippen LogP contribution in [0.4, 0.5) is 0 Å². The van der Waals surface area contributed by atoms with Gasteiger partial charge in [0, 0.05) is 35.9 Å². The molecule has 3 saturated heterocycles. The molecule has 0 aliphatic carbocycles. The minimum atomic E-state index is -1.64. The first-order valence-electron chi connectivity index (χ1n) is 14.4. The van der Waals surface area contributed by atoms with Crippen LogP contribution >= 0.6 is 0 Å². The van der Waals surface area contributed by atoms with Crippen LogP contribution in [-0.4, -0.2) is 100 Å². The number of hydroxylamine groups is 6. The molecule has 0 radical (unpaired) electrons. The maximum absolute atomic E-state index is 13.6. The van der Waals surface area contributed by atoms with Crippen LogP contribution in [0, 0.1) is 5.92 Å². The smallest absolute Gasteiger partial charge is 0.321 e. The summed E-state index contributed by atoms with van der Waals surface area (Å²) >= 11 is 0. The van der Waals surface area contributed by atoms with Gasteiger partial charge in [0.2, 0.25) is 0 Å². The highest BCUT2D eigenvalue weighted by atomic mass is 16.6. The summed E-state index contributed by atoms with van der Waals surface area (Å²) in [5.41, 5.74) is -4.83. The van der Waals surface area contributed by atoms with E-state index in [1.54, 1.807) is 41.5 Å². The summed E-state index contributed by atoms with van der Waals surface area (Å²) in [6.07, 6.45) is -1.92. The average Bonchev–Trinajstić information content (AvgIpc) is 3.15. The lowest BCUT2D eigenvalue weighted by Gasteiger charge is -2.36. The largest absolute Gasteiger partial charge is 0.460 e. The first kappa shape index (κ1) is 33.7. The number of carbonyl (C=O) groups excluding carboxylic acids is 3. The molecular weight excluding hydrogens is 534 g/mol. The highest BCUT2D eigenvalue weighted by Crippen LogP contribution is 2.44. The third kappa shape index (κ3) is 6.01. The van der Waals surface area contributed by atoms with Gasteiger partial charge in [-0.25, -0.2) is 0 Å². The fourth-order valence-corrected chi connectivity index (χ4v) is 6.76. The summed E-state index contributed by atoms with van der Waals surface area (Å²) < 4.78 is 17.3. The van der Waals surface area contributed by atoms with Crippen LogP contribution in [0.15, 0.2) is 0 Å². The standard InChI is InChI=1S/C29H51N3O9/c1-24(2)14-18(27(7,8)30(24)36)39-21(33)13-17(22(34)40-19-15-25(3,4)31(37)28(19,9)10)23(35)41-20-16-26(5,6)32(38)29(20,11)12/h17-20,36-38H,13-16H2,1-12H3. The van der Waals surface area contributed by atoms with Crippen molar-refractivity contribution in [1.29, 1.82) is 0 Å². The molecule has 41 heavy (non-hydrogen) atoms. The van der Waals surface area contributed by atoms with E-state index in [9.17, 15) is 30.0 Å². The van der Waals surface area contributed by atoms with Crippen LogP contribution in [0.3, 0.4) is 0 Å². The molecule has 236 valence electrons. The lowest BCUT2D eigenvalue weighted by molar-refractivity contribution is -0.210. The number of rotatable bonds is 7. The molecule has 0 bridgehead atoms. The van der Waals surface area contributed by atoms with Gasteiger partial charge in [0.25, 0.3) is 0 Å². The van der Waals surface area contributed by atoms with Crippen LogP contribution < -0.4 is 0 Å². The molecule has 0 aromatic heterocycles. The van der Waals surface area contributed by atoms with Gasteiger partial charge in [0.15, 0.2) is 5.92 Å². The Labute approximate surface area is 243 Å². The van der Waals surface area contributed by atoms with E-state index in [1.807, 2.05) is 41.5 Å². The van der Waals surface area contributed by atoms with Gasteiger partial charge in [-0.2, -0.15) is 15.2 Å². The normalized spacial score (nSPS) is 32.4. The van der Waals surface area contributed by atoms with Crippen LogP contribution in [-0.2, 0) is 28.6 Å². The summed E-state index contributed by atoms with van der Waals surface area (Å²) in [5, 5.41) is 35.4. The second-order valence-corrected chi connectivity index (χ2v) is 15.5. The van der Waals surface area contributed by atoms with Crippen LogP contribution in [0.25, 0.3) is 0 Å². The zero-order valence-electron chi connectivity index (χ0n) is 26.8. The van der Waals surface area contributed by atoms with Gasteiger partial charge in [-0.1, -0.05) is 0 Å². The summed E-state index contributed by atoms with van der Waals surface area (Å²) in [4.78, 5) is 40.4. The molecule has 3 aliphatic heterocycles. The fourth-order valence-electron chi connectivity index (χ4n) is 6.76. The molecule has 12 nitrogen and oxygen atoms in total. The predicted octanol–water partition coefficient (Wildman–Crippen LogP) is 3.68. The first-order valence-corrected chi connectivity index (χ1v) is 14.4. The Kier molecular flexibility index (Phi) is 8.55. The van der Waals surface area contributed by atoms with Crippen molar-refractivity contribution < 1.29 is 44.2 Å². The molecule has 0 aromatic carbocycles. The van der Waals surface area contributed by atoms with E-state index in [4.69, 9.17) is 14.2 Å². The maximum Gasteiger partial charge on any atom is 0.321 e. The minimum Gasteiger partial charge on any atom is -0.460 e. The lowest BCUT2D eigenvalue weighted by Crippen LogP contribution is -2.51. The number of hydrogen-bond donors (Lipinski definition) is 3. The molecule has 0 spiro atoms. The van der Waals surface area contributed by atoms with E-state index >= 15 is 0 Å². The zero-order valence-corrected chi connectivity index (χ0v) is 26.8. The number of carbonyl (C=O) groups is 3. The zero-order chi connectivity index (χ0) is 31.7. The van der Waals surface area contributed by atoms with Crippen molar-refractivity contribution in [2.75, 3.05) is 0 Å². The minimum absolute atomic E-state index is 0.301. The van der Waals surface area contributed by atoms with Gasteiger partial charge in [-0.05, 0) is 83.1 Å². The summed E-state index contributed by atoms with van der Waals surface area (Å²) in [6, 6.07) is 0.